The van der Waals surface area contributed by atoms with Crippen LogP contribution in [0.5, 0.6) is 0 Å². The second-order valence-corrected chi connectivity index (χ2v) is 5.83. The molecule has 1 saturated carbocycles. The molecule has 1 atom stereocenters. The van der Waals surface area contributed by atoms with Crippen molar-refractivity contribution in [1.29, 1.82) is 0 Å². The second-order valence-electron chi connectivity index (χ2n) is 5.83. The summed E-state index contributed by atoms with van der Waals surface area (Å²) in [6.07, 6.45) is 1.34. The average Bonchev–Trinajstić information content (AvgIpc) is 3.33. The Hall–Kier alpha value is -2.20. The lowest BCUT2D eigenvalue weighted by Gasteiger charge is -2.28. The van der Waals surface area contributed by atoms with E-state index in [1.54, 1.807) is 12.1 Å². The van der Waals surface area contributed by atoms with Crippen LogP contribution in [0.2, 0.25) is 0 Å². The summed E-state index contributed by atoms with van der Waals surface area (Å²) >= 11 is 0. The van der Waals surface area contributed by atoms with Crippen molar-refractivity contribution < 1.29 is 14.7 Å². The summed E-state index contributed by atoms with van der Waals surface area (Å²) < 4.78 is 0. The van der Waals surface area contributed by atoms with Crippen molar-refractivity contribution in [3.63, 3.8) is 0 Å². The zero-order chi connectivity index (χ0) is 14.6. The number of β-amino-alcohol motifs (C(OH)–C–C–N with tert-alkyl or cyclic N) is 1. The Morgan fingerprint density at radius 3 is 2.14 bits per heavy atom. The third-order valence-electron chi connectivity index (χ3n) is 4.39. The van der Waals surface area contributed by atoms with Crippen LogP contribution in [0, 0.1) is 5.92 Å². The van der Waals surface area contributed by atoms with Gasteiger partial charge in [0.2, 0.25) is 0 Å². The molecule has 21 heavy (non-hydrogen) atoms. The van der Waals surface area contributed by atoms with Gasteiger partial charge in [0.1, 0.15) is 0 Å². The van der Waals surface area contributed by atoms with Crippen molar-refractivity contribution >= 4 is 22.6 Å². The zero-order valence-electron chi connectivity index (χ0n) is 11.5. The van der Waals surface area contributed by atoms with Crippen LogP contribution in [0.3, 0.4) is 0 Å². The van der Waals surface area contributed by atoms with Crippen LogP contribution < -0.4 is 0 Å². The number of amides is 2. The Morgan fingerprint density at radius 1 is 1.05 bits per heavy atom. The van der Waals surface area contributed by atoms with Crippen molar-refractivity contribution in [3.8, 4) is 0 Å². The van der Waals surface area contributed by atoms with E-state index in [1.807, 2.05) is 24.3 Å². The van der Waals surface area contributed by atoms with Crippen molar-refractivity contribution in [2.45, 2.75) is 18.9 Å². The van der Waals surface area contributed by atoms with Gasteiger partial charge in [-0.15, -0.1) is 0 Å². The number of benzene rings is 2. The topological polar surface area (TPSA) is 57.6 Å². The van der Waals surface area contributed by atoms with Gasteiger partial charge < -0.3 is 5.11 Å². The molecule has 2 aliphatic rings. The molecule has 1 heterocycles. The number of hydrogen-bond acceptors (Lipinski definition) is 3. The smallest absolute Gasteiger partial charge is 0.261 e. The van der Waals surface area contributed by atoms with Crippen LogP contribution in [0.4, 0.5) is 0 Å². The number of rotatable bonds is 3. The molecular formula is C17H15NO3. The number of aliphatic hydroxyl groups excluding tert-OH is 1. The van der Waals surface area contributed by atoms with Crippen LogP contribution in [0.1, 0.15) is 33.6 Å². The lowest BCUT2D eigenvalue weighted by molar-refractivity contribution is 0.0473. The van der Waals surface area contributed by atoms with Gasteiger partial charge in [0.05, 0.1) is 12.6 Å². The summed E-state index contributed by atoms with van der Waals surface area (Å²) in [7, 11) is 0. The fourth-order valence-electron chi connectivity index (χ4n) is 3.06. The molecule has 1 aliphatic carbocycles. The Morgan fingerprint density at radius 2 is 1.62 bits per heavy atom. The Labute approximate surface area is 122 Å². The monoisotopic (exact) mass is 281 g/mol. The summed E-state index contributed by atoms with van der Waals surface area (Å²) in [4.78, 5) is 26.4. The predicted molar refractivity (Wildman–Crippen MR) is 78.0 cm³/mol. The lowest BCUT2D eigenvalue weighted by atomic mass is 9.94. The SMILES string of the molecule is O=C1c2cccc3cccc(c23)C(=O)N1CC(O)C1CC1. The summed E-state index contributed by atoms with van der Waals surface area (Å²) in [5.41, 5.74) is 1.09. The van der Waals surface area contributed by atoms with Crippen LogP contribution >= 0.6 is 0 Å². The highest BCUT2D eigenvalue weighted by Gasteiger charge is 2.37. The van der Waals surface area contributed by atoms with E-state index in [0.717, 1.165) is 23.6 Å². The Kier molecular flexibility index (Phi) is 2.62. The van der Waals surface area contributed by atoms with Gasteiger partial charge in [0, 0.05) is 16.5 Å². The van der Waals surface area contributed by atoms with Gasteiger partial charge in [0.15, 0.2) is 0 Å². The van der Waals surface area contributed by atoms with Gasteiger partial charge in [-0.05, 0) is 36.3 Å². The fraction of sp³-hybridized carbons (Fsp3) is 0.294. The number of nitrogens with zero attached hydrogens (tertiary/aromatic N) is 1. The molecule has 1 fully saturated rings. The van der Waals surface area contributed by atoms with Gasteiger partial charge in [0.25, 0.3) is 11.8 Å². The maximum Gasteiger partial charge on any atom is 0.261 e. The molecule has 4 nitrogen and oxygen atoms in total. The number of carbonyl (C=O) groups excluding carboxylic acids is 2. The molecule has 2 amide bonds. The van der Waals surface area contributed by atoms with Crippen molar-refractivity contribution in [1.82, 2.24) is 4.90 Å². The Balaban J connectivity index is 1.81. The molecule has 2 aromatic carbocycles. The number of hydrogen-bond donors (Lipinski definition) is 1. The summed E-state index contributed by atoms with van der Waals surface area (Å²) in [6, 6.07) is 10.9. The van der Waals surface area contributed by atoms with Gasteiger partial charge in [-0.25, -0.2) is 0 Å². The molecule has 4 heteroatoms. The number of imide groups is 1. The highest BCUT2D eigenvalue weighted by molar-refractivity contribution is 6.25. The molecule has 0 spiro atoms. The molecule has 1 N–H and O–H groups in total. The third-order valence-corrected chi connectivity index (χ3v) is 4.39. The quantitative estimate of drug-likeness (QED) is 0.878. The van der Waals surface area contributed by atoms with Gasteiger partial charge in [-0.1, -0.05) is 24.3 Å². The largest absolute Gasteiger partial charge is 0.391 e. The van der Waals surface area contributed by atoms with Crippen LogP contribution in [-0.4, -0.2) is 34.5 Å². The molecule has 0 bridgehead atoms. The average molecular weight is 281 g/mol. The first-order chi connectivity index (χ1) is 10.2. The standard InChI is InChI=1S/C17H15NO3/c19-14(10-7-8-10)9-18-16(20)12-5-1-3-11-4-2-6-13(15(11)12)17(18)21/h1-6,10,14,19H,7-9H2. The number of carbonyl (C=O) groups is 2. The fourth-order valence-corrected chi connectivity index (χ4v) is 3.06. The minimum Gasteiger partial charge on any atom is -0.391 e. The first-order valence-corrected chi connectivity index (χ1v) is 7.23. The highest BCUT2D eigenvalue weighted by Crippen LogP contribution is 2.35. The Bertz CT molecular complexity index is 713. The number of aliphatic hydroxyl groups is 1. The summed E-state index contributed by atoms with van der Waals surface area (Å²) in [6.45, 7) is 0.0903. The molecular weight excluding hydrogens is 266 g/mol. The molecule has 106 valence electrons. The zero-order valence-corrected chi connectivity index (χ0v) is 11.5. The van der Waals surface area contributed by atoms with Crippen molar-refractivity contribution in [2.75, 3.05) is 6.54 Å². The maximum atomic E-state index is 12.6. The molecule has 0 radical (unpaired) electrons. The van der Waals surface area contributed by atoms with E-state index in [-0.39, 0.29) is 24.3 Å². The maximum absolute atomic E-state index is 12.6. The minimum atomic E-state index is -0.609. The highest BCUT2D eigenvalue weighted by atomic mass is 16.3. The van der Waals surface area contributed by atoms with Crippen LogP contribution in [0.25, 0.3) is 10.8 Å². The molecule has 4 rings (SSSR count). The molecule has 2 aromatic rings. The van der Waals surface area contributed by atoms with E-state index in [0.29, 0.717) is 11.1 Å². The van der Waals surface area contributed by atoms with E-state index in [9.17, 15) is 14.7 Å². The molecule has 1 aliphatic heterocycles. The van der Waals surface area contributed by atoms with E-state index in [1.165, 1.54) is 4.90 Å². The third kappa shape index (κ3) is 1.87. The summed E-state index contributed by atoms with van der Waals surface area (Å²) in [5.74, 6) is -0.369. The first kappa shape index (κ1) is 12.5. The second kappa shape index (κ2) is 4.40. The van der Waals surface area contributed by atoms with E-state index >= 15 is 0 Å². The molecule has 0 saturated heterocycles. The predicted octanol–water partition coefficient (Wildman–Crippen LogP) is 2.21. The van der Waals surface area contributed by atoms with Gasteiger partial charge in [-0.3, -0.25) is 14.5 Å². The van der Waals surface area contributed by atoms with Crippen molar-refractivity contribution in [2.24, 2.45) is 5.92 Å². The van der Waals surface area contributed by atoms with E-state index in [2.05, 4.69) is 0 Å². The first-order valence-electron chi connectivity index (χ1n) is 7.23. The van der Waals surface area contributed by atoms with E-state index in [4.69, 9.17) is 0 Å². The lowest BCUT2D eigenvalue weighted by Crippen LogP contribution is -2.44. The summed E-state index contributed by atoms with van der Waals surface area (Å²) in [5, 5.41) is 11.7. The normalized spacial score (nSPS) is 19.2. The van der Waals surface area contributed by atoms with Gasteiger partial charge in [-0.2, -0.15) is 0 Å². The molecule has 0 aromatic heterocycles. The van der Waals surface area contributed by atoms with Crippen LogP contribution in [0.15, 0.2) is 36.4 Å². The molecule has 1 unspecified atom stereocenters. The van der Waals surface area contributed by atoms with E-state index < -0.39 is 6.10 Å². The van der Waals surface area contributed by atoms with Crippen LogP contribution in [-0.2, 0) is 0 Å². The van der Waals surface area contributed by atoms with Crippen molar-refractivity contribution in [3.05, 3.63) is 47.5 Å². The van der Waals surface area contributed by atoms with Gasteiger partial charge >= 0.3 is 0 Å². The minimum absolute atomic E-state index is 0.0903.